The Kier molecular flexibility index (Phi) is 6.76. The molecule has 2 aliphatic heterocycles. The summed E-state index contributed by atoms with van der Waals surface area (Å²) in [5, 5.41) is 3.47. The molecular formula is C15H29N3O2. The molecule has 5 heteroatoms. The Morgan fingerprint density at radius 3 is 2.70 bits per heavy atom. The van der Waals surface area contributed by atoms with Crippen LogP contribution in [0.3, 0.4) is 0 Å². The molecule has 0 spiro atoms. The van der Waals surface area contributed by atoms with Gasteiger partial charge in [-0.2, -0.15) is 0 Å². The predicted octanol–water partition coefficient (Wildman–Crippen LogP) is 1.84. The first-order chi connectivity index (χ1) is 9.83. The molecule has 1 saturated heterocycles. The lowest BCUT2D eigenvalue weighted by Crippen LogP contribution is -2.43. The minimum absolute atomic E-state index is 0.177. The number of aliphatic imine (C=N–C) groups is 1. The molecule has 1 N–H and O–H groups in total. The first-order valence-corrected chi connectivity index (χ1v) is 7.90. The number of likely N-dealkylation sites (tertiary alicyclic amines) is 1. The van der Waals surface area contributed by atoms with E-state index < -0.39 is 0 Å². The Hall–Kier alpha value is -0.650. The Morgan fingerprint density at radius 1 is 1.25 bits per heavy atom. The van der Waals surface area contributed by atoms with Crippen molar-refractivity contribution in [2.75, 3.05) is 40.4 Å². The number of amidine groups is 1. The van der Waals surface area contributed by atoms with Gasteiger partial charge in [0, 0.05) is 46.8 Å². The van der Waals surface area contributed by atoms with E-state index in [2.05, 4.69) is 15.2 Å². The van der Waals surface area contributed by atoms with Gasteiger partial charge in [0.25, 0.3) is 0 Å². The minimum atomic E-state index is -0.177. The highest BCUT2D eigenvalue weighted by atomic mass is 16.7. The van der Waals surface area contributed by atoms with Crippen molar-refractivity contribution in [2.24, 2.45) is 10.9 Å². The monoisotopic (exact) mass is 283 g/mol. The van der Waals surface area contributed by atoms with Gasteiger partial charge in [0.05, 0.1) is 5.84 Å². The van der Waals surface area contributed by atoms with Crippen LogP contribution in [0.5, 0.6) is 0 Å². The molecule has 5 nitrogen and oxygen atoms in total. The average molecular weight is 283 g/mol. The van der Waals surface area contributed by atoms with Crippen LogP contribution in [-0.4, -0.2) is 57.5 Å². The summed E-state index contributed by atoms with van der Waals surface area (Å²) in [6.07, 6.45) is 7.13. The van der Waals surface area contributed by atoms with E-state index in [-0.39, 0.29) is 6.41 Å². The van der Waals surface area contributed by atoms with Crippen molar-refractivity contribution in [3.05, 3.63) is 0 Å². The molecule has 2 rings (SSSR count). The van der Waals surface area contributed by atoms with Gasteiger partial charge in [-0.15, -0.1) is 0 Å². The second-order valence-corrected chi connectivity index (χ2v) is 5.76. The third kappa shape index (κ3) is 4.72. The molecule has 0 amide bonds. The summed E-state index contributed by atoms with van der Waals surface area (Å²) in [7, 11) is 3.41. The second-order valence-electron chi connectivity index (χ2n) is 5.76. The average Bonchev–Trinajstić information content (AvgIpc) is 2.76. The van der Waals surface area contributed by atoms with Crippen molar-refractivity contribution in [1.29, 1.82) is 0 Å². The molecule has 0 aromatic rings. The van der Waals surface area contributed by atoms with Crippen molar-refractivity contribution in [1.82, 2.24) is 10.2 Å². The van der Waals surface area contributed by atoms with E-state index >= 15 is 0 Å². The second kappa shape index (κ2) is 8.60. The Morgan fingerprint density at radius 2 is 2.00 bits per heavy atom. The summed E-state index contributed by atoms with van der Waals surface area (Å²) in [5.41, 5.74) is 0. The highest BCUT2D eigenvalue weighted by Gasteiger charge is 2.24. The molecule has 116 valence electrons. The van der Waals surface area contributed by atoms with Crippen LogP contribution in [0.4, 0.5) is 0 Å². The zero-order valence-electron chi connectivity index (χ0n) is 12.9. The topological polar surface area (TPSA) is 46.1 Å². The summed E-state index contributed by atoms with van der Waals surface area (Å²) in [6, 6.07) is 0. The summed E-state index contributed by atoms with van der Waals surface area (Å²) in [5.74, 6) is 2.05. The number of rotatable bonds is 6. The molecule has 0 atom stereocenters. The van der Waals surface area contributed by atoms with Crippen LogP contribution in [0.25, 0.3) is 0 Å². The molecule has 0 radical (unpaired) electrons. The van der Waals surface area contributed by atoms with Crippen molar-refractivity contribution >= 4 is 5.84 Å². The van der Waals surface area contributed by atoms with E-state index in [9.17, 15) is 0 Å². The lowest BCUT2D eigenvalue weighted by Gasteiger charge is -2.35. The number of piperidine rings is 1. The lowest BCUT2D eigenvalue weighted by molar-refractivity contribution is -0.202. The van der Waals surface area contributed by atoms with Crippen LogP contribution >= 0.6 is 0 Å². The number of methoxy groups -OCH3 is 2. The highest BCUT2D eigenvalue weighted by Crippen LogP contribution is 2.23. The van der Waals surface area contributed by atoms with E-state index in [1.165, 1.54) is 37.9 Å². The van der Waals surface area contributed by atoms with Crippen LogP contribution in [0.1, 0.15) is 38.5 Å². The van der Waals surface area contributed by atoms with Gasteiger partial charge in [0.15, 0.2) is 0 Å². The molecule has 0 saturated carbocycles. The van der Waals surface area contributed by atoms with E-state index in [0.717, 1.165) is 38.5 Å². The van der Waals surface area contributed by atoms with Crippen LogP contribution in [0.2, 0.25) is 0 Å². The number of hydrogen-bond donors (Lipinski definition) is 1. The summed E-state index contributed by atoms with van der Waals surface area (Å²) < 4.78 is 10.6. The quantitative estimate of drug-likeness (QED) is 0.756. The van der Waals surface area contributed by atoms with Gasteiger partial charge in [-0.25, -0.2) is 0 Å². The van der Waals surface area contributed by atoms with Gasteiger partial charge in [0.2, 0.25) is 6.41 Å². The maximum atomic E-state index is 5.32. The molecule has 0 unspecified atom stereocenters. The van der Waals surface area contributed by atoms with Gasteiger partial charge in [-0.3, -0.25) is 9.89 Å². The molecule has 0 aliphatic carbocycles. The Labute approximate surface area is 122 Å². The molecule has 20 heavy (non-hydrogen) atoms. The normalized spacial score (nSPS) is 22.4. The molecule has 2 aliphatic rings. The highest BCUT2D eigenvalue weighted by molar-refractivity contribution is 5.82. The Bertz CT molecular complexity index is 297. The fourth-order valence-electron chi connectivity index (χ4n) is 3.09. The molecule has 2 heterocycles. The fraction of sp³-hybridized carbons (Fsp3) is 0.933. The predicted molar refractivity (Wildman–Crippen MR) is 80.9 cm³/mol. The first kappa shape index (κ1) is 15.7. The first-order valence-electron chi connectivity index (χ1n) is 7.90. The molecule has 0 aromatic carbocycles. The van der Waals surface area contributed by atoms with Gasteiger partial charge in [-0.05, 0) is 38.0 Å². The van der Waals surface area contributed by atoms with Crippen molar-refractivity contribution in [2.45, 2.75) is 44.9 Å². The SMILES string of the molecule is COC(OC)N1CCC(CCC2=NCCCCN2)CC1. The maximum absolute atomic E-state index is 5.32. The summed E-state index contributed by atoms with van der Waals surface area (Å²) in [6.45, 7) is 4.23. The minimum Gasteiger partial charge on any atom is -0.374 e. The van der Waals surface area contributed by atoms with Gasteiger partial charge >= 0.3 is 0 Å². The zero-order valence-corrected chi connectivity index (χ0v) is 12.9. The molecule has 0 bridgehead atoms. The van der Waals surface area contributed by atoms with Crippen LogP contribution in [-0.2, 0) is 9.47 Å². The van der Waals surface area contributed by atoms with Crippen LogP contribution in [0, 0.1) is 5.92 Å². The van der Waals surface area contributed by atoms with E-state index in [1.54, 1.807) is 14.2 Å². The van der Waals surface area contributed by atoms with Gasteiger partial charge in [-0.1, -0.05) is 0 Å². The fourth-order valence-corrected chi connectivity index (χ4v) is 3.09. The Balaban J connectivity index is 1.67. The summed E-state index contributed by atoms with van der Waals surface area (Å²) in [4.78, 5) is 6.91. The van der Waals surface area contributed by atoms with E-state index in [4.69, 9.17) is 9.47 Å². The number of nitrogens with one attached hydrogen (secondary N) is 1. The van der Waals surface area contributed by atoms with Gasteiger partial charge in [0.1, 0.15) is 0 Å². The van der Waals surface area contributed by atoms with E-state index in [0.29, 0.717) is 0 Å². The zero-order chi connectivity index (χ0) is 14.2. The largest absolute Gasteiger partial charge is 0.374 e. The van der Waals surface area contributed by atoms with Crippen molar-refractivity contribution < 1.29 is 9.47 Å². The van der Waals surface area contributed by atoms with E-state index in [1.807, 2.05) is 0 Å². The van der Waals surface area contributed by atoms with Gasteiger partial charge < -0.3 is 14.8 Å². The van der Waals surface area contributed by atoms with Crippen LogP contribution in [0.15, 0.2) is 4.99 Å². The third-order valence-corrected chi connectivity index (χ3v) is 4.36. The number of hydrogen-bond acceptors (Lipinski definition) is 5. The molecule has 1 fully saturated rings. The third-order valence-electron chi connectivity index (χ3n) is 4.36. The lowest BCUT2D eigenvalue weighted by atomic mass is 9.92. The van der Waals surface area contributed by atoms with Crippen molar-refractivity contribution in [3.8, 4) is 0 Å². The van der Waals surface area contributed by atoms with Crippen molar-refractivity contribution in [3.63, 3.8) is 0 Å². The number of nitrogens with zero attached hydrogens (tertiary/aromatic N) is 2. The summed E-state index contributed by atoms with van der Waals surface area (Å²) >= 11 is 0. The smallest absolute Gasteiger partial charge is 0.218 e. The standard InChI is InChI=1S/C15H29N3O2/c1-19-15(20-2)18-11-7-13(8-12-18)5-6-14-16-9-3-4-10-17-14/h13,15H,3-12H2,1-2H3,(H,16,17). The van der Waals surface area contributed by atoms with Crippen LogP contribution < -0.4 is 5.32 Å². The maximum Gasteiger partial charge on any atom is 0.218 e. The molecule has 0 aromatic heterocycles. The molecular weight excluding hydrogens is 254 g/mol. The number of ether oxygens (including phenoxy) is 2.